The van der Waals surface area contributed by atoms with Crippen molar-refractivity contribution >= 4 is 17.8 Å². The Labute approximate surface area is 87.7 Å². The number of carbonyl (C=O) groups excluding carboxylic acids is 3. The highest BCUT2D eigenvalue weighted by Gasteiger charge is 2.33. The Morgan fingerprint density at radius 1 is 1.40 bits per heavy atom. The molecule has 5 heteroatoms. The Morgan fingerprint density at radius 2 is 1.93 bits per heavy atom. The van der Waals surface area contributed by atoms with Gasteiger partial charge in [0.05, 0.1) is 6.61 Å². The van der Waals surface area contributed by atoms with Crippen molar-refractivity contribution in [1.29, 1.82) is 0 Å². The molecule has 0 aliphatic carbocycles. The first kappa shape index (κ1) is 11.4. The van der Waals surface area contributed by atoms with Crippen molar-refractivity contribution in [2.75, 3.05) is 6.61 Å². The molecule has 82 valence electrons. The van der Waals surface area contributed by atoms with Crippen LogP contribution in [-0.2, 0) is 19.1 Å². The third-order valence-corrected chi connectivity index (χ3v) is 2.02. The minimum atomic E-state index is -0.855. The number of rotatable bonds is 4. The zero-order valence-electron chi connectivity index (χ0n) is 8.73. The molecule has 1 rings (SSSR count). The van der Waals surface area contributed by atoms with Crippen LogP contribution in [0.25, 0.3) is 0 Å². The first-order chi connectivity index (χ1) is 7.07. The van der Waals surface area contributed by atoms with Crippen LogP contribution >= 0.6 is 0 Å². The van der Waals surface area contributed by atoms with Crippen LogP contribution in [0.15, 0.2) is 12.2 Å². The van der Waals surface area contributed by atoms with Gasteiger partial charge in [-0.2, -0.15) is 0 Å². The fraction of sp³-hybridized carbons (Fsp3) is 0.500. The van der Waals surface area contributed by atoms with E-state index in [0.29, 0.717) is 13.0 Å². The third kappa shape index (κ3) is 2.43. The average Bonchev–Trinajstić information content (AvgIpc) is 2.54. The van der Waals surface area contributed by atoms with E-state index in [0.717, 1.165) is 17.1 Å². The largest absolute Gasteiger partial charge is 0.464 e. The maximum Gasteiger partial charge on any atom is 0.329 e. The van der Waals surface area contributed by atoms with Crippen molar-refractivity contribution in [2.45, 2.75) is 26.3 Å². The predicted octanol–water partition coefficient (Wildman–Crippen LogP) is 0.253. The van der Waals surface area contributed by atoms with Crippen LogP contribution in [0.4, 0.5) is 0 Å². The van der Waals surface area contributed by atoms with Crippen LogP contribution in [0.1, 0.15) is 20.3 Å². The van der Waals surface area contributed by atoms with Crippen molar-refractivity contribution in [3.05, 3.63) is 12.2 Å². The molecule has 0 saturated heterocycles. The average molecular weight is 211 g/mol. The topological polar surface area (TPSA) is 63.7 Å². The number of imide groups is 1. The van der Waals surface area contributed by atoms with Gasteiger partial charge in [-0.25, -0.2) is 4.79 Å². The van der Waals surface area contributed by atoms with Crippen molar-refractivity contribution in [3.8, 4) is 0 Å². The molecule has 0 N–H and O–H groups in total. The van der Waals surface area contributed by atoms with Gasteiger partial charge in [0.2, 0.25) is 0 Å². The van der Waals surface area contributed by atoms with Gasteiger partial charge in [-0.15, -0.1) is 0 Å². The lowest BCUT2D eigenvalue weighted by atomic mass is 10.3. The molecule has 0 aromatic rings. The van der Waals surface area contributed by atoms with Crippen LogP contribution < -0.4 is 0 Å². The zero-order valence-corrected chi connectivity index (χ0v) is 8.73. The molecular formula is C10H13NO4. The van der Waals surface area contributed by atoms with Gasteiger partial charge >= 0.3 is 5.97 Å². The van der Waals surface area contributed by atoms with E-state index < -0.39 is 23.8 Å². The zero-order chi connectivity index (χ0) is 11.4. The monoisotopic (exact) mass is 211 g/mol. The van der Waals surface area contributed by atoms with Gasteiger partial charge in [-0.05, 0) is 13.3 Å². The van der Waals surface area contributed by atoms with Crippen LogP contribution in [0.5, 0.6) is 0 Å². The third-order valence-electron chi connectivity index (χ3n) is 2.02. The van der Waals surface area contributed by atoms with Gasteiger partial charge in [0.15, 0.2) is 0 Å². The molecule has 2 amide bonds. The fourth-order valence-corrected chi connectivity index (χ4v) is 1.22. The summed E-state index contributed by atoms with van der Waals surface area (Å²) in [6.45, 7) is 3.64. The van der Waals surface area contributed by atoms with Crippen molar-refractivity contribution in [3.63, 3.8) is 0 Å². The lowest BCUT2D eigenvalue weighted by Crippen LogP contribution is -2.43. The number of nitrogens with zero attached hydrogens (tertiary/aromatic N) is 1. The molecule has 0 spiro atoms. The molecule has 0 aromatic heterocycles. The Bertz CT molecular complexity index is 303. The van der Waals surface area contributed by atoms with Crippen molar-refractivity contribution in [1.82, 2.24) is 4.90 Å². The molecule has 0 saturated carbocycles. The quantitative estimate of drug-likeness (QED) is 0.494. The van der Waals surface area contributed by atoms with E-state index >= 15 is 0 Å². The highest BCUT2D eigenvalue weighted by Crippen LogP contribution is 2.10. The van der Waals surface area contributed by atoms with E-state index in [1.54, 1.807) is 0 Å². The summed E-state index contributed by atoms with van der Waals surface area (Å²) in [7, 11) is 0. The normalized spacial score (nSPS) is 17.1. The van der Waals surface area contributed by atoms with Gasteiger partial charge in [-0.3, -0.25) is 14.5 Å². The minimum Gasteiger partial charge on any atom is -0.464 e. The smallest absolute Gasteiger partial charge is 0.329 e. The second kappa shape index (κ2) is 4.72. The summed E-state index contributed by atoms with van der Waals surface area (Å²) in [5.74, 6) is -1.50. The summed E-state index contributed by atoms with van der Waals surface area (Å²) < 4.78 is 4.85. The molecule has 1 aliphatic heterocycles. The Balaban J connectivity index is 2.60. The number of hydrogen-bond acceptors (Lipinski definition) is 4. The minimum absolute atomic E-state index is 0.298. The maximum absolute atomic E-state index is 11.4. The van der Waals surface area contributed by atoms with Gasteiger partial charge in [0.25, 0.3) is 11.8 Å². The van der Waals surface area contributed by atoms with E-state index in [1.165, 1.54) is 6.92 Å². The molecule has 1 aliphatic rings. The lowest BCUT2D eigenvalue weighted by molar-refractivity contribution is -0.156. The summed E-state index contributed by atoms with van der Waals surface area (Å²) in [5.41, 5.74) is 0. The molecule has 1 heterocycles. The van der Waals surface area contributed by atoms with Gasteiger partial charge in [-0.1, -0.05) is 6.92 Å². The number of ether oxygens (including phenoxy) is 1. The van der Waals surface area contributed by atoms with Crippen molar-refractivity contribution in [2.24, 2.45) is 0 Å². The maximum atomic E-state index is 11.4. The number of hydrogen-bond donors (Lipinski definition) is 0. The van der Waals surface area contributed by atoms with Crippen LogP contribution in [0, 0.1) is 0 Å². The van der Waals surface area contributed by atoms with E-state index in [4.69, 9.17) is 4.74 Å². The molecule has 5 nitrogen and oxygen atoms in total. The highest BCUT2D eigenvalue weighted by atomic mass is 16.5. The number of amides is 2. The van der Waals surface area contributed by atoms with Crippen LogP contribution in [0.2, 0.25) is 0 Å². The molecule has 0 aromatic carbocycles. The Hall–Kier alpha value is -1.65. The van der Waals surface area contributed by atoms with Crippen LogP contribution in [0.3, 0.4) is 0 Å². The van der Waals surface area contributed by atoms with E-state index in [9.17, 15) is 14.4 Å². The molecule has 1 atom stereocenters. The molecule has 15 heavy (non-hydrogen) atoms. The molecule has 0 bridgehead atoms. The molecule has 0 radical (unpaired) electrons. The lowest BCUT2D eigenvalue weighted by Gasteiger charge is -2.20. The summed E-state index contributed by atoms with van der Waals surface area (Å²) in [6.07, 6.45) is 3.00. The standard InChI is InChI=1S/C10H13NO4/c1-3-6-15-10(14)7(2)11-8(12)4-5-9(11)13/h4-5,7H,3,6H2,1-2H3. The first-order valence-electron chi connectivity index (χ1n) is 4.79. The predicted molar refractivity (Wildman–Crippen MR) is 51.7 cm³/mol. The Morgan fingerprint density at radius 3 is 2.40 bits per heavy atom. The van der Waals surface area contributed by atoms with Gasteiger partial charge in [0, 0.05) is 12.2 Å². The highest BCUT2D eigenvalue weighted by molar-refractivity contribution is 6.14. The summed E-state index contributed by atoms with van der Waals surface area (Å²) >= 11 is 0. The fourth-order valence-electron chi connectivity index (χ4n) is 1.22. The van der Waals surface area contributed by atoms with Crippen molar-refractivity contribution < 1.29 is 19.1 Å². The second-order valence-corrected chi connectivity index (χ2v) is 3.22. The van der Waals surface area contributed by atoms with Gasteiger partial charge in [0.1, 0.15) is 6.04 Å². The molecular weight excluding hydrogens is 198 g/mol. The van der Waals surface area contributed by atoms with E-state index in [-0.39, 0.29) is 0 Å². The second-order valence-electron chi connectivity index (χ2n) is 3.22. The SMILES string of the molecule is CCCOC(=O)C(C)N1C(=O)C=CC1=O. The first-order valence-corrected chi connectivity index (χ1v) is 4.79. The summed E-state index contributed by atoms with van der Waals surface area (Å²) in [6, 6.07) is -0.855. The summed E-state index contributed by atoms with van der Waals surface area (Å²) in [5, 5.41) is 0. The van der Waals surface area contributed by atoms with E-state index in [1.807, 2.05) is 6.92 Å². The number of carbonyl (C=O) groups is 3. The number of esters is 1. The van der Waals surface area contributed by atoms with Gasteiger partial charge < -0.3 is 4.74 Å². The Kier molecular flexibility index (Phi) is 3.60. The molecule has 0 fully saturated rings. The van der Waals surface area contributed by atoms with E-state index in [2.05, 4.69) is 0 Å². The molecule has 1 unspecified atom stereocenters. The van der Waals surface area contributed by atoms with Crippen LogP contribution in [-0.4, -0.2) is 35.3 Å². The summed E-state index contributed by atoms with van der Waals surface area (Å²) in [4.78, 5) is 34.7.